The van der Waals surface area contributed by atoms with Gasteiger partial charge in [0, 0.05) is 29.1 Å². The van der Waals surface area contributed by atoms with E-state index in [2.05, 4.69) is 14.7 Å². The largest absolute Gasteiger partial charge is 0.445 e. The molecule has 2 aromatic heterocycles. The predicted octanol–water partition coefficient (Wildman–Crippen LogP) is 4.09. The van der Waals surface area contributed by atoms with Crippen molar-refractivity contribution < 1.29 is 17.6 Å². The molecule has 9 heteroatoms. The fraction of sp³-hybridized carbons (Fsp3) is 0.0870. The van der Waals surface area contributed by atoms with Gasteiger partial charge in [0.1, 0.15) is 6.26 Å². The van der Waals surface area contributed by atoms with E-state index in [-0.39, 0.29) is 22.0 Å². The molecule has 1 N–H and O–H groups in total. The Kier molecular flexibility index (Phi) is 6.34. The third kappa shape index (κ3) is 4.87. The lowest BCUT2D eigenvalue weighted by molar-refractivity contribution is 0.103. The molecule has 0 radical (unpaired) electrons. The highest BCUT2D eigenvalue weighted by Gasteiger charge is 2.23. The van der Waals surface area contributed by atoms with E-state index in [0.717, 1.165) is 5.57 Å². The minimum atomic E-state index is -4.01. The van der Waals surface area contributed by atoms with Crippen LogP contribution < -0.4 is 4.72 Å². The maximum atomic E-state index is 13.2. The standard InChI is InChI=1S/C23H18ClN3O4S/c24-18-7-10-20(22(28)17-4-2-12-25-15-17)21(11-8-18)27-32(29,30)19-5-1-3-16(6-9-19)23-26-13-14-31-23/h1-2,4-15,18,27H,3H2. The topological polar surface area (TPSA) is 102 Å². The second kappa shape index (κ2) is 9.33. The van der Waals surface area contributed by atoms with Gasteiger partial charge < -0.3 is 4.42 Å². The van der Waals surface area contributed by atoms with Crippen LogP contribution in [0.15, 0.2) is 106 Å². The number of sulfonamides is 1. The number of carbonyl (C=O) groups excluding carboxylic acids is 1. The Morgan fingerprint density at radius 3 is 2.75 bits per heavy atom. The number of aromatic nitrogens is 2. The van der Waals surface area contributed by atoms with Crippen LogP contribution in [0.1, 0.15) is 22.7 Å². The van der Waals surface area contributed by atoms with E-state index in [9.17, 15) is 13.2 Å². The lowest BCUT2D eigenvalue weighted by Crippen LogP contribution is -2.25. The Balaban J connectivity index is 1.69. The molecular weight excluding hydrogens is 450 g/mol. The molecule has 32 heavy (non-hydrogen) atoms. The summed E-state index contributed by atoms with van der Waals surface area (Å²) in [6.45, 7) is 0. The fourth-order valence-corrected chi connectivity index (χ4v) is 4.34. The zero-order valence-electron chi connectivity index (χ0n) is 16.7. The van der Waals surface area contributed by atoms with E-state index in [4.69, 9.17) is 16.0 Å². The van der Waals surface area contributed by atoms with E-state index in [1.54, 1.807) is 42.6 Å². The summed E-state index contributed by atoms with van der Waals surface area (Å²) in [5, 5.41) is -0.489. The van der Waals surface area contributed by atoms with Gasteiger partial charge in [-0.15, -0.1) is 11.6 Å². The van der Waals surface area contributed by atoms with Crippen molar-refractivity contribution in [3.8, 4) is 0 Å². The van der Waals surface area contributed by atoms with Gasteiger partial charge in [-0.25, -0.2) is 13.4 Å². The molecule has 0 saturated heterocycles. The number of hydrogen-bond acceptors (Lipinski definition) is 6. The second-order valence-electron chi connectivity index (χ2n) is 6.87. The van der Waals surface area contributed by atoms with E-state index in [1.165, 1.54) is 43.0 Å². The van der Waals surface area contributed by atoms with E-state index < -0.39 is 15.4 Å². The maximum absolute atomic E-state index is 13.2. The molecule has 0 spiro atoms. The third-order valence-electron chi connectivity index (χ3n) is 4.68. The molecule has 162 valence electrons. The Morgan fingerprint density at radius 1 is 1.16 bits per heavy atom. The number of nitrogens with one attached hydrogen (secondary N) is 1. The third-order valence-corrected chi connectivity index (χ3v) is 6.35. The average molecular weight is 468 g/mol. The summed E-state index contributed by atoms with van der Waals surface area (Å²) in [5.74, 6) is 0.0495. The zero-order valence-corrected chi connectivity index (χ0v) is 18.3. The van der Waals surface area contributed by atoms with Crippen LogP contribution in [-0.2, 0) is 10.0 Å². The number of oxazole rings is 1. The van der Waals surface area contributed by atoms with Crippen LogP contribution in [0.4, 0.5) is 0 Å². The minimum Gasteiger partial charge on any atom is -0.445 e. The van der Waals surface area contributed by atoms with Gasteiger partial charge in [-0.1, -0.05) is 30.4 Å². The first-order chi connectivity index (χ1) is 15.4. The number of carbonyl (C=O) groups is 1. The highest BCUT2D eigenvalue weighted by molar-refractivity contribution is 7.93. The van der Waals surface area contributed by atoms with Crippen LogP contribution in [0, 0.1) is 0 Å². The van der Waals surface area contributed by atoms with Crippen LogP contribution in [0.5, 0.6) is 0 Å². The van der Waals surface area contributed by atoms with Crippen LogP contribution in [0.25, 0.3) is 5.57 Å². The van der Waals surface area contributed by atoms with Crippen molar-refractivity contribution in [2.75, 3.05) is 0 Å². The first-order valence-electron chi connectivity index (χ1n) is 9.63. The molecule has 4 rings (SSSR count). The van der Waals surface area contributed by atoms with Crippen molar-refractivity contribution in [3.63, 3.8) is 0 Å². The molecule has 0 fully saturated rings. The molecule has 0 saturated carbocycles. The Hall–Kier alpha value is -3.49. The second-order valence-corrected chi connectivity index (χ2v) is 9.06. The Morgan fingerprint density at radius 2 is 2.00 bits per heavy atom. The maximum Gasteiger partial charge on any atom is 0.261 e. The van der Waals surface area contributed by atoms with Crippen LogP contribution in [0.2, 0.25) is 0 Å². The van der Waals surface area contributed by atoms with Gasteiger partial charge in [-0.3, -0.25) is 14.5 Å². The van der Waals surface area contributed by atoms with Crippen molar-refractivity contribution in [1.29, 1.82) is 0 Å². The summed E-state index contributed by atoms with van der Waals surface area (Å²) in [6, 6.07) is 3.25. The van der Waals surface area contributed by atoms with Crippen LogP contribution in [-0.4, -0.2) is 29.5 Å². The highest BCUT2D eigenvalue weighted by Crippen LogP contribution is 2.24. The minimum absolute atomic E-state index is 0.0313. The van der Waals surface area contributed by atoms with Crippen molar-refractivity contribution in [3.05, 3.63) is 113 Å². The molecule has 0 aliphatic heterocycles. The van der Waals surface area contributed by atoms with E-state index >= 15 is 0 Å². The van der Waals surface area contributed by atoms with Gasteiger partial charge in [-0.2, -0.15) is 0 Å². The molecule has 1 unspecified atom stereocenters. The van der Waals surface area contributed by atoms with Gasteiger partial charge in [0.2, 0.25) is 5.89 Å². The summed E-state index contributed by atoms with van der Waals surface area (Å²) < 4.78 is 34.1. The number of rotatable bonds is 6. The zero-order chi connectivity index (χ0) is 22.6. The lowest BCUT2D eigenvalue weighted by atomic mass is 10.0. The number of allylic oxidation sites excluding steroid dienone is 10. The number of pyridine rings is 1. The molecule has 2 aromatic rings. The number of alkyl halides is 1. The Bertz CT molecular complexity index is 1300. The normalized spacial score (nSPS) is 18.6. The first kappa shape index (κ1) is 21.7. The summed E-state index contributed by atoms with van der Waals surface area (Å²) in [5.41, 5.74) is 1.35. The van der Waals surface area contributed by atoms with E-state index in [1.807, 2.05) is 0 Å². The van der Waals surface area contributed by atoms with Crippen LogP contribution >= 0.6 is 11.6 Å². The predicted molar refractivity (Wildman–Crippen MR) is 122 cm³/mol. The monoisotopic (exact) mass is 467 g/mol. The first-order valence-corrected chi connectivity index (χ1v) is 11.6. The van der Waals surface area contributed by atoms with Gasteiger partial charge in [0.15, 0.2) is 5.78 Å². The summed E-state index contributed by atoms with van der Waals surface area (Å²) >= 11 is 6.16. The molecule has 0 amide bonds. The van der Waals surface area contributed by atoms with Gasteiger partial charge >= 0.3 is 0 Å². The number of Topliss-reactive ketones (excluding diaryl/α,β-unsaturated/α-hetero) is 1. The molecule has 1 atom stereocenters. The fourth-order valence-electron chi connectivity index (χ4n) is 3.09. The summed E-state index contributed by atoms with van der Waals surface area (Å²) in [6.07, 6.45) is 19.0. The van der Waals surface area contributed by atoms with Gasteiger partial charge in [0.05, 0.1) is 22.2 Å². The number of ketones is 1. The van der Waals surface area contributed by atoms with Gasteiger partial charge in [0.25, 0.3) is 10.0 Å². The number of halogens is 1. The quantitative estimate of drug-likeness (QED) is 0.507. The van der Waals surface area contributed by atoms with E-state index in [0.29, 0.717) is 17.9 Å². The molecule has 7 nitrogen and oxygen atoms in total. The highest BCUT2D eigenvalue weighted by atomic mass is 35.5. The van der Waals surface area contributed by atoms with Gasteiger partial charge in [-0.05, 0) is 36.8 Å². The average Bonchev–Trinajstić information content (AvgIpc) is 3.12. The Labute approximate surface area is 190 Å². The van der Waals surface area contributed by atoms with Crippen LogP contribution in [0.3, 0.4) is 0 Å². The molecule has 0 aromatic carbocycles. The number of nitrogens with zero attached hydrogens (tertiary/aromatic N) is 2. The lowest BCUT2D eigenvalue weighted by Gasteiger charge is -2.12. The van der Waals surface area contributed by atoms with Crippen molar-refractivity contribution in [2.45, 2.75) is 11.8 Å². The summed E-state index contributed by atoms with van der Waals surface area (Å²) in [4.78, 5) is 21.1. The number of hydrogen-bond donors (Lipinski definition) is 1. The SMILES string of the molecule is O=C(C1=C(NS(=O)(=O)C2=CC=C(c3ncco3)CC=C2)C=CC(Cl)C=C1)c1cccnc1. The van der Waals surface area contributed by atoms with Crippen molar-refractivity contribution in [2.24, 2.45) is 0 Å². The summed E-state index contributed by atoms with van der Waals surface area (Å²) in [7, 11) is -4.01. The molecular formula is C23H18ClN3O4S. The molecule has 2 aliphatic carbocycles. The van der Waals surface area contributed by atoms with Crippen molar-refractivity contribution >= 4 is 33.0 Å². The smallest absolute Gasteiger partial charge is 0.261 e. The molecule has 2 heterocycles. The molecule has 0 bridgehead atoms. The molecule has 2 aliphatic rings. The van der Waals surface area contributed by atoms with Crippen molar-refractivity contribution in [1.82, 2.24) is 14.7 Å².